The van der Waals surface area contributed by atoms with E-state index in [0.717, 1.165) is 64.2 Å². The molecule has 0 radical (unpaired) electrons. The summed E-state index contributed by atoms with van der Waals surface area (Å²) >= 11 is 0. The molecule has 0 aliphatic rings. The molecule has 0 fully saturated rings. The van der Waals surface area contributed by atoms with Crippen molar-refractivity contribution < 1.29 is 38.2 Å². The lowest BCUT2D eigenvalue weighted by atomic mass is 10.0. The van der Waals surface area contributed by atoms with Gasteiger partial charge in [-0.2, -0.15) is 0 Å². The van der Waals surface area contributed by atoms with Crippen molar-refractivity contribution in [3.8, 4) is 0 Å². The Kier molecular flexibility index (Phi) is 42.4. The summed E-state index contributed by atoms with van der Waals surface area (Å²) in [5.41, 5.74) is 0. The van der Waals surface area contributed by atoms with Gasteiger partial charge in [0, 0.05) is 19.3 Å². The van der Waals surface area contributed by atoms with Crippen molar-refractivity contribution in [1.29, 1.82) is 0 Å². The van der Waals surface area contributed by atoms with Crippen molar-refractivity contribution in [3.05, 3.63) is 36.5 Å². The van der Waals surface area contributed by atoms with Gasteiger partial charge in [-0.15, -0.1) is 0 Å². The molecule has 0 spiro atoms. The minimum absolute atomic E-state index is 0.0424. The second kappa shape index (κ2) is 44.2. The molecule has 61 heavy (non-hydrogen) atoms. The molecular weight excluding hydrogens is 763 g/mol. The zero-order chi connectivity index (χ0) is 44.9. The minimum Gasteiger partial charge on any atom is -0.544 e. The van der Waals surface area contributed by atoms with Crippen LogP contribution in [0.4, 0.5) is 0 Å². The third kappa shape index (κ3) is 42.6. The van der Waals surface area contributed by atoms with Gasteiger partial charge >= 0.3 is 11.9 Å². The van der Waals surface area contributed by atoms with Crippen LogP contribution >= 0.6 is 0 Å². The third-order valence-electron chi connectivity index (χ3n) is 11.5. The molecular formula is C53H97NO7. The summed E-state index contributed by atoms with van der Waals surface area (Å²) in [7, 11) is 5.42. The molecule has 0 saturated carbocycles. The molecule has 356 valence electrons. The van der Waals surface area contributed by atoms with E-state index in [1.54, 1.807) is 21.1 Å². The van der Waals surface area contributed by atoms with Crippen LogP contribution in [-0.2, 0) is 28.6 Å². The fourth-order valence-electron chi connectivity index (χ4n) is 7.62. The number of allylic oxidation sites excluding steroid dienone is 6. The number of hydrogen-bond acceptors (Lipinski definition) is 7. The Hall–Kier alpha value is -2.45. The van der Waals surface area contributed by atoms with Gasteiger partial charge in [0.2, 0.25) is 0 Å². The topological polar surface area (TPSA) is 102 Å². The largest absolute Gasteiger partial charge is 0.544 e. The first-order valence-corrected chi connectivity index (χ1v) is 25.5. The van der Waals surface area contributed by atoms with Crippen LogP contribution in [0.3, 0.4) is 0 Å². The molecule has 0 aromatic heterocycles. The number of likely N-dealkylation sites (N-methyl/N-ethyl adjacent to an activating group) is 1. The lowest BCUT2D eigenvalue weighted by molar-refractivity contribution is -0.889. The second-order valence-corrected chi connectivity index (χ2v) is 18.4. The second-order valence-electron chi connectivity index (χ2n) is 18.4. The first kappa shape index (κ1) is 58.6. The number of carboxylic acids is 1. The maximum absolute atomic E-state index is 12.8. The van der Waals surface area contributed by atoms with E-state index in [0.29, 0.717) is 12.8 Å². The Balaban J connectivity index is 4.23. The van der Waals surface area contributed by atoms with Crippen LogP contribution in [-0.4, -0.2) is 75.5 Å². The molecule has 0 aromatic rings. The number of hydrogen-bond donors (Lipinski definition) is 0. The summed E-state index contributed by atoms with van der Waals surface area (Å²) in [4.78, 5) is 37.0. The predicted molar refractivity (Wildman–Crippen MR) is 254 cm³/mol. The zero-order valence-corrected chi connectivity index (χ0v) is 40.6. The maximum atomic E-state index is 12.8. The molecule has 8 heteroatoms. The molecule has 8 nitrogen and oxygen atoms in total. The van der Waals surface area contributed by atoms with Gasteiger partial charge in [-0.3, -0.25) is 9.59 Å². The summed E-state index contributed by atoms with van der Waals surface area (Å²) in [5.74, 6) is -1.73. The number of aliphatic carboxylic acids is 1. The van der Waals surface area contributed by atoms with E-state index >= 15 is 0 Å². The van der Waals surface area contributed by atoms with Crippen molar-refractivity contribution >= 4 is 17.9 Å². The summed E-state index contributed by atoms with van der Waals surface area (Å²) < 4.78 is 17.3. The SMILES string of the molecule is CC/C=C/C/C=C/C/C=C/CCCCCCCCCCCC(=O)OCC(COCCC(C(=O)[O-])[N+](C)(C)C)OC(=O)CCCCCCCCCCCCCCCCCCCC. The van der Waals surface area contributed by atoms with Crippen molar-refractivity contribution in [2.45, 2.75) is 244 Å². The highest BCUT2D eigenvalue weighted by Crippen LogP contribution is 2.16. The number of quaternary nitrogens is 1. The molecule has 0 N–H and O–H groups in total. The number of carboxylic acid groups (broad SMARTS) is 1. The van der Waals surface area contributed by atoms with Gasteiger partial charge in [0.1, 0.15) is 12.6 Å². The lowest BCUT2D eigenvalue weighted by Gasteiger charge is -2.34. The third-order valence-corrected chi connectivity index (χ3v) is 11.5. The van der Waals surface area contributed by atoms with E-state index < -0.39 is 18.1 Å². The Morgan fingerprint density at radius 1 is 0.508 bits per heavy atom. The van der Waals surface area contributed by atoms with E-state index in [-0.39, 0.29) is 42.7 Å². The molecule has 2 atom stereocenters. The molecule has 0 aromatic carbocycles. The van der Waals surface area contributed by atoms with E-state index in [1.807, 2.05) is 0 Å². The Morgan fingerprint density at radius 2 is 0.918 bits per heavy atom. The molecule has 0 amide bonds. The minimum atomic E-state index is -1.12. The molecule has 0 saturated heterocycles. The number of carbonyl (C=O) groups excluding carboxylic acids is 3. The van der Waals surface area contributed by atoms with Crippen molar-refractivity contribution in [3.63, 3.8) is 0 Å². The Morgan fingerprint density at radius 3 is 1.36 bits per heavy atom. The predicted octanol–water partition coefficient (Wildman–Crippen LogP) is 13.3. The summed E-state index contributed by atoms with van der Waals surface area (Å²) in [6.07, 6.45) is 51.7. The number of carbonyl (C=O) groups is 3. The van der Waals surface area contributed by atoms with Crippen LogP contribution < -0.4 is 5.11 Å². The number of rotatable bonds is 46. The van der Waals surface area contributed by atoms with E-state index in [2.05, 4.69) is 50.3 Å². The molecule has 0 heterocycles. The van der Waals surface area contributed by atoms with Crippen LogP contribution in [0.1, 0.15) is 232 Å². The molecule has 2 unspecified atom stereocenters. The lowest BCUT2D eigenvalue weighted by Crippen LogP contribution is -2.55. The van der Waals surface area contributed by atoms with Crippen LogP contribution in [0.5, 0.6) is 0 Å². The average Bonchev–Trinajstić information content (AvgIpc) is 3.22. The average molecular weight is 860 g/mol. The van der Waals surface area contributed by atoms with Gasteiger partial charge in [0.15, 0.2) is 6.10 Å². The number of nitrogens with zero attached hydrogens (tertiary/aromatic N) is 1. The van der Waals surface area contributed by atoms with E-state index in [4.69, 9.17) is 14.2 Å². The fraction of sp³-hybridized carbons (Fsp3) is 0.830. The first-order chi connectivity index (χ1) is 29.6. The number of esters is 2. The van der Waals surface area contributed by atoms with Crippen LogP contribution in [0, 0.1) is 0 Å². The zero-order valence-electron chi connectivity index (χ0n) is 40.6. The van der Waals surface area contributed by atoms with Crippen LogP contribution in [0.25, 0.3) is 0 Å². The van der Waals surface area contributed by atoms with Gasteiger partial charge in [-0.25, -0.2) is 0 Å². The van der Waals surface area contributed by atoms with Gasteiger partial charge in [-0.1, -0.05) is 204 Å². The van der Waals surface area contributed by atoms with Crippen LogP contribution in [0.15, 0.2) is 36.5 Å². The van der Waals surface area contributed by atoms with Crippen LogP contribution in [0.2, 0.25) is 0 Å². The molecule has 0 aliphatic heterocycles. The van der Waals surface area contributed by atoms with Gasteiger partial charge in [-0.05, 0) is 44.9 Å². The Labute approximate surface area is 376 Å². The number of ether oxygens (including phenoxy) is 3. The highest BCUT2D eigenvalue weighted by molar-refractivity contribution is 5.70. The van der Waals surface area contributed by atoms with Gasteiger partial charge in [0.25, 0.3) is 0 Å². The summed E-state index contributed by atoms with van der Waals surface area (Å²) in [5, 5.41) is 11.7. The summed E-state index contributed by atoms with van der Waals surface area (Å²) in [6.45, 7) is 4.58. The maximum Gasteiger partial charge on any atom is 0.306 e. The Bertz CT molecular complexity index is 1090. The summed E-state index contributed by atoms with van der Waals surface area (Å²) in [6, 6.07) is -0.725. The molecule has 0 bridgehead atoms. The van der Waals surface area contributed by atoms with E-state index in [9.17, 15) is 19.5 Å². The van der Waals surface area contributed by atoms with Gasteiger partial charge < -0.3 is 28.6 Å². The highest BCUT2D eigenvalue weighted by Gasteiger charge is 2.25. The van der Waals surface area contributed by atoms with Crippen molar-refractivity contribution in [2.75, 3.05) is 41.0 Å². The molecule has 0 rings (SSSR count). The monoisotopic (exact) mass is 860 g/mol. The normalized spacial score (nSPS) is 13.1. The fourth-order valence-corrected chi connectivity index (χ4v) is 7.62. The van der Waals surface area contributed by atoms with Gasteiger partial charge in [0.05, 0.1) is 40.3 Å². The van der Waals surface area contributed by atoms with Crippen molar-refractivity contribution in [1.82, 2.24) is 0 Å². The highest BCUT2D eigenvalue weighted by atomic mass is 16.6. The number of unbranched alkanes of at least 4 members (excludes halogenated alkanes) is 26. The van der Waals surface area contributed by atoms with E-state index in [1.165, 1.54) is 135 Å². The standard InChI is InChI=1S/C53H97NO7/c1-6-8-10-12-14-16-18-20-22-24-26-28-29-31-33-35-37-39-41-43-51(55)60-48-49(47-59-46-45-50(53(57)58)54(3,4)5)61-52(56)44-42-40-38-36-34-32-30-27-25-23-21-19-17-15-13-11-9-7-2/h8,10,14,16,20,22,49-50H,6-7,9,11-13,15,17-19,21,23-48H2,1-5H3/b10-8+,16-14+,22-20+. The quantitative estimate of drug-likeness (QED) is 0.0260. The van der Waals surface area contributed by atoms with Crippen molar-refractivity contribution in [2.24, 2.45) is 0 Å². The first-order valence-electron chi connectivity index (χ1n) is 25.5. The smallest absolute Gasteiger partial charge is 0.306 e. The molecule has 0 aliphatic carbocycles.